The molecule has 302 valence electrons. The van der Waals surface area contributed by atoms with Crippen molar-refractivity contribution < 1.29 is 4.42 Å². The van der Waals surface area contributed by atoms with Crippen LogP contribution in [0.5, 0.6) is 0 Å². The van der Waals surface area contributed by atoms with Crippen molar-refractivity contribution in [1.82, 2.24) is 24.1 Å². The highest BCUT2D eigenvalue weighted by Crippen LogP contribution is 2.46. The van der Waals surface area contributed by atoms with Crippen LogP contribution in [0.25, 0.3) is 122 Å². The van der Waals surface area contributed by atoms with Gasteiger partial charge >= 0.3 is 0 Å². The van der Waals surface area contributed by atoms with Gasteiger partial charge in [-0.25, -0.2) is 15.0 Å². The van der Waals surface area contributed by atoms with Gasteiger partial charge in [-0.2, -0.15) is 5.26 Å². The normalized spacial score (nSPS) is 11.7. The molecule has 0 aliphatic heterocycles. The maximum Gasteiger partial charge on any atom is 0.166 e. The summed E-state index contributed by atoms with van der Waals surface area (Å²) >= 11 is 0. The molecular weight excluding hydrogens is 797 g/mol. The zero-order chi connectivity index (χ0) is 43.0. The molecule has 0 unspecified atom stereocenters. The lowest BCUT2D eigenvalue weighted by molar-refractivity contribution is 0.666. The van der Waals surface area contributed by atoms with Gasteiger partial charge in [0.05, 0.1) is 39.4 Å². The second-order valence-corrected chi connectivity index (χ2v) is 16.3. The van der Waals surface area contributed by atoms with Crippen LogP contribution in [-0.4, -0.2) is 24.1 Å². The highest BCUT2D eigenvalue weighted by atomic mass is 16.3. The summed E-state index contributed by atoms with van der Waals surface area (Å²) in [6.07, 6.45) is 0. The fraction of sp³-hybridized carbons (Fsp3) is 0. The fourth-order valence-corrected chi connectivity index (χ4v) is 9.70. The summed E-state index contributed by atoms with van der Waals surface area (Å²) in [7, 11) is 0. The number of hydrogen-bond donors (Lipinski definition) is 0. The summed E-state index contributed by atoms with van der Waals surface area (Å²) in [4.78, 5) is 15.3. The molecule has 13 aromatic rings. The van der Waals surface area contributed by atoms with Crippen LogP contribution in [0.4, 0.5) is 0 Å². The van der Waals surface area contributed by atoms with Crippen LogP contribution in [0.1, 0.15) is 5.56 Å². The van der Waals surface area contributed by atoms with Crippen LogP contribution in [0.3, 0.4) is 0 Å². The third-order valence-corrected chi connectivity index (χ3v) is 12.6. The predicted octanol–water partition coefficient (Wildman–Crippen LogP) is 14.5. The second kappa shape index (κ2) is 14.5. The lowest BCUT2D eigenvalue weighted by atomic mass is 9.98. The van der Waals surface area contributed by atoms with E-state index in [0.29, 0.717) is 39.8 Å². The van der Waals surface area contributed by atoms with E-state index >= 15 is 0 Å². The number of hydrogen-bond acceptors (Lipinski definition) is 5. The third-order valence-electron chi connectivity index (χ3n) is 12.6. The average molecular weight is 831 g/mol. The summed E-state index contributed by atoms with van der Waals surface area (Å²) in [5.41, 5.74) is 12.2. The Morgan fingerprint density at radius 3 is 1.63 bits per heavy atom. The molecule has 0 amide bonds. The van der Waals surface area contributed by atoms with E-state index in [4.69, 9.17) is 19.4 Å². The predicted molar refractivity (Wildman–Crippen MR) is 262 cm³/mol. The minimum atomic E-state index is 0.390. The number of furan rings is 1. The Balaban J connectivity index is 1.16. The number of nitriles is 1. The van der Waals surface area contributed by atoms with Gasteiger partial charge in [0.2, 0.25) is 0 Å². The van der Waals surface area contributed by atoms with E-state index in [9.17, 15) is 5.26 Å². The van der Waals surface area contributed by atoms with E-state index in [-0.39, 0.29) is 0 Å². The second-order valence-electron chi connectivity index (χ2n) is 16.3. The van der Waals surface area contributed by atoms with Crippen molar-refractivity contribution in [2.45, 2.75) is 0 Å². The standard InChI is InChI=1S/C58H34N6O/c59-35-40-32-51(55-54(43-26-14-16-28-52(43)65-55)53(40)58-61-56(37-19-7-2-8-20-37)60-57(62-58)38-21-9-3-10-22-38)64-48-30-29-39(36-17-5-1-6-18-36)31-44(48)46-33-45-42-25-13-15-27-47(42)63(49(45)34-50(46)64)41-23-11-4-12-24-41/h1-34H. The van der Waals surface area contributed by atoms with Gasteiger partial charge < -0.3 is 13.6 Å². The first-order valence-electron chi connectivity index (χ1n) is 21.6. The molecule has 0 spiro atoms. The van der Waals surface area contributed by atoms with E-state index in [1.54, 1.807) is 0 Å². The summed E-state index contributed by atoms with van der Waals surface area (Å²) in [5.74, 6) is 1.41. The van der Waals surface area contributed by atoms with E-state index in [2.05, 4.69) is 124 Å². The molecule has 4 heterocycles. The molecular formula is C58H34N6O. The van der Waals surface area contributed by atoms with Crippen molar-refractivity contribution in [3.63, 3.8) is 0 Å². The molecule has 0 saturated heterocycles. The average Bonchev–Trinajstić information content (AvgIpc) is 4.03. The molecule has 0 N–H and O–H groups in total. The zero-order valence-corrected chi connectivity index (χ0v) is 34.7. The number of nitrogens with zero attached hydrogens (tertiary/aromatic N) is 6. The summed E-state index contributed by atoms with van der Waals surface area (Å²) in [6.45, 7) is 0. The van der Waals surface area contributed by atoms with Crippen LogP contribution >= 0.6 is 0 Å². The Morgan fingerprint density at radius 2 is 0.938 bits per heavy atom. The van der Waals surface area contributed by atoms with Gasteiger partial charge in [-0.3, -0.25) is 0 Å². The Morgan fingerprint density at radius 1 is 0.400 bits per heavy atom. The van der Waals surface area contributed by atoms with Crippen LogP contribution < -0.4 is 0 Å². The lowest BCUT2D eigenvalue weighted by Gasteiger charge is -2.14. The number of aromatic nitrogens is 5. The van der Waals surface area contributed by atoms with E-state index < -0.39 is 0 Å². The molecule has 65 heavy (non-hydrogen) atoms. The Labute approximate surface area is 372 Å². The fourth-order valence-electron chi connectivity index (χ4n) is 9.70. The van der Waals surface area contributed by atoms with Crippen LogP contribution in [0, 0.1) is 11.3 Å². The van der Waals surface area contributed by atoms with Crippen molar-refractivity contribution in [3.8, 4) is 62.7 Å². The number of benzene rings is 9. The minimum absolute atomic E-state index is 0.390. The van der Waals surface area contributed by atoms with Crippen molar-refractivity contribution in [3.05, 3.63) is 212 Å². The number of rotatable bonds is 6. The van der Waals surface area contributed by atoms with Gasteiger partial charge in [0.1, 0.15) is 5.58 Å². The van der Waals surface area contributed by atoms with Crippen LogP contribution in [0.2, 0.25) is 0 Å². The molecule has 0 saturated carbocycles. The van der Waals surface area contributed by atoms with Gasteiger partial charge in [0.15, 0.2) is 23.1 Å². The smallest absolute Gasteiger partial charge is 0.166 e. The molecule has 0 bridgehead atoms. The lowest BCUT2D eigenvalue weighted by Crippen LogP contribution is -2.03. The maximum absolute atomic E-state index is 11.4. The first-order chi connectivity index (χ1) is 32.2. The molecule has 0 fully saturated rings. The number of fused-ring (bicyclic) bond motifs is 9. The topological polar surface area (TPSA) is 85.5 Å². The highest BCUT2D eigenvalue weighted by Gasteiger charge is 2.27. The SMILES string of the molecule is N#Cc1cc(-n2c3ccc(-c4ccccc4)cc3c3cc4c5ccccc5n(-c5ccccc5)c4cc32)c2oc3ccccc3c2c1-c1nc(-c2ccccc2)nc(-c2ccccc2)n1. The quantitative estimate of drug-likeness (QED) is 0.167. The Bertz CT molecular complexity index is 3990. The summed E-state index contributed by atoms with van der Waals surface area (Å²) < 4.78 is 11.6. The third kappa shape index (κ3) is 5.71. The van der Waals surface area contributed by atoms with Crippen LogP contribution in [-0.2, 0) is 0 Å². The van der Waals surface area contributed by atoms with E-state index in [0.717, 1.165) is 82.6 Å². The van der Waals surface area contributed by atoms with Crippen molar-refractivity contribution >= 4 is 65.6 Å². The molecule has 0 aliphatic rings. The summed E-state index contributed by atoms with van der Waals surface area (Å²) in [6, 6.07) is 73.3. The molecule has 0 aliphatic carbocycles. The van der Waals surface area contributed by atoms with Gasteiger partial charge in [-0.15, -0.1) is 0 Å². The van der Waals surface area contributed by atoms with Crippen LogP contribution in [0.15, 0.2) is 211 Å². The minimum Gasteiger partial charge on any atom is -0.454 e. The van der Waals surface area contributed by atoms with Gasteiger partial charge in [0.25, 0.3) is 0 Å². The Hall–Kier alpha value is -9.12. The first kappa shape index (κ1) is 36.5. The van der Waals surface area contributed by atoms with Crippen molar-refractivity contribution in [1.29, 1.82) is 5.26 Å². The Kier molecular flexibility index (Phi) is 8.14. The van der Waals surface area contributed by atoms with E-state index in [1.165, 1.54) is 5.39 Å². The van der Waals surface area contributed by atoms with Gasteiger partial charge in [-0.05, 0) is 65.7 Å². The van der Waals surface area contributed by atoms with Gasteiger partial charge in [-0.1, -0.05) is 152 Å². The monoisotopic (exact) mass is 830 g/mol. The molecule has 7 heteroatoms. The molecule has 0 radical (unpaired) electrons. The molecule has 13 rings (SSSR count). The summed E-state index contributed by atoms with van der Waals surface area (Å²) in [5, 5.41) is 17.5. The molecule has 9 aromatic carbocycles. The maximum atomic E-state index is 11.4. The number of para-hydroxylation sites is 3. The largest absolute Gasteiger partial charge is 0.454 e. The van der Waals surface area contributed by atoms with Gasteiger partial charge in [0, 0.05) is 54.7 Å². The first-order valence-corrected chi connectivity index (χ1v) is 21.6. The van der Waals surface area contributed by atoms with Crippen molar-refractivity contribution in [2.24, 2.45) is 0 Å². The van der Waals surface area contributed by atoms with Crippen molar-refractivity contribution in [2.75, 3.05) is 0 Å². The molecule has 7 nitrogen and oxygen atoms in total. The highest BCUT2D eigenvalue weighted by molar-refractivity contribution is 6.21. The molecule has 4 aromatic heterocycles. The van der Waals surface area contributed by atoms with E-state index in [1.807, 2.05) is 97.1 Å². The molecule has 0 atom stereocenters. The zero-order valence-electron chi connectivity index (χ0n) is 34.7.